The van der Waals surface area contributed by atoms with Gasteiger partial charge in [0.15, 0.2) is 6.10 Å². The summed E-state index contributed by atoms with van der Waals surface area (Å²) in [7, 11) is 0. The van der Waals surface area contributed by atoms with Gasteiger partial charge in [-0.05, 0) is 63.8 Å². The zero-order valence-corrected chi connectivity index (χ0v) is 21.6. The van der Waals surface area contributed by atoms with Gasteiger partial charge in [0.05, 0.1) is 0 Å². The summed E-state index contributed by atoms with van der Waals surface area (Å²) in [5.74, 6) is 0.933. The highest BCUT2D eigenvalue weighted by Gasteiger charge is 2.30. The van der Waals surface area contributed by atoms with E-state index in [1.54, 1.807) is 0 Å². The summed E-state index contributed by atoms with van der Waals surface area (Å²) < 4.78 is 12.1. The number of ether oxygens (including phenoxy) is 2. The van der Waals surface area contributed by atoms with Gasteiger partial charge in [-0.3, -0.25) is 9.63 Å². The predicted molar refractivity (Wildman–Crippen MR) is 135 cm³/mol. The van der Waals surface area contributed by atoms with Crippen molar-refractivity contribution in [1.29, 1.82) is 0 Å². The van der Waals surface area contributed by atoms with Crippen molar-refractivity contribution in [2.45, 2.75) is 60.2 Å². The molecule has 3 rings (SSSR count). The molecule has 2 unspecified atom stereocenters. The van der Waals surface area contributed by atoms with Crippen molar-refractivity contribution >= 4 is 5.91 Å². The molecule has 1 aliphatic heterocycles. The summed E-state index contributed by atoms with van der Waals surface area (Å²) in [6.07, 6.45) is 0.277. The van der Waals surface area contributed by atoms with Crippen molar-refractivity contribution in [3.05, 3.63) is 64.2 Å². The zero-order chi connectivity index (χ0) is 24.7. The Morgan fingerprint density at radius 2 is 1.56 bits per heavy atom. The van der Waals surface area contributed by atoms with E-state index in [1.807, 2.05) is 42.0 Å². The predicted octanol–water partition coefficient (Wildman–Crippen LogP) is 4.93. The van der Waals surface area contributed by atoms with E-state index in [0.29, 0.717) is 39.4 Å². The first-order valence-electron chi connectivity index (χ1n) is 12.4. The number of hydrogen-bond donors (Lipinski definition) is 0. The Labute approximate surface area is 204 Å². The van der Waals surface area contributed by atoms with Crippen LogP contribution >= 0.6 is 0 Å². The number of piperazine rings is 1. The first-order chi connectivity index (χ1) is 16.3. The highest BCUT2D eigenvalue weighted by molar-refractivity contribution is 5.83. The molecular weight excluding hydrogens is 428 g/mol. The van der Waals surface area contributed by atoms with Gasteiger partial charge in [0.1, 0.15) is 18.5 Å². The second kappa shape index (κ2) is 12.3. The fourth-order valence-electron chi connectivity index (χ4n) is 4.32. The van der Waals surface area contributed by atoms with E-state index >= 15 is 0 Å². The Balaban J connectivity index is 1.52. The molecule has 0 N–H and O–H groups in total. The lowest BCUT2D eigenvalue weighted by atomic mass is 10.00. The van der Waals surface area contributed by atoms with Crippen LogP contribution in [0.1, 0.15) is 54.2 Å². The van der Waals surface area contributed by atoms with Crippen molar-refractivity contribution in [1.82, 2.24) is 9.96 Å². The van der Waals surface area contributed by atoms with Crippen LogP contribution < -0.4 is 4.74 Å². The molecule has 2 atom stereocenters. The molecule has 34 heavy (non-hydrogen) atoms. The van der Waals surface area contributed by atoms with Crippen LogP contribution in [0.25, 0.3) is 0 Å². The normalized spacial score (nSPS) is 16.4. The molecule has 0 aromatic heterocycles. The lowest BCUT2D eigenvalue weighted by Gasteiger charge is -2.36. The third-order valence-electron chi connectivity index (χ3n) is 6.34. The highest BCUT2D eigenvalue weighted by Crippen LogP contribution is 2.25. The van der Waals surface area contributed by atoms with Crippen molar-refractivity contribution in [2.75, 3.05) is 39.4 Å². The lowest BCUT2D eigenvalue weighted by molar-refractivity contribution is -0.195. The maximum atomic E-state index is 13.3. The van der Waals surface area contributed by atoms with Crippen LogP contribution in [0.4, 0.5) is 0 Å². The molecular formula is C28H40N2O4. The van der Waals surface area contributed by atoms with Gasteiger partial charge in [-0.2, -0.15) is 5.06 Å². The van der Waals surface area contributed by atoms with Crippen LogP contribution in [0, 0.1) is 27.7 Å². The van der Waals surface area contributed by atoms with Crippen molar-refractivity contribution < 1.29 is 19.1 Å². The van der Waals surface area contributed by atoms with Gasteiger partial charge in [-0.15, -0.1) is 0 Å². The van der Waals surface area contributed by atoms with E-state index in [9.17, 15) is 4.79 Å². The monoisotopic (exact) mass is 468 g/mol. The average Bonchev–Trinajstić information content (AvgIpc) is 2.82. The smallest absolute Gasteiger partial charge is 0.256 e. The van der Waals surface area contributed by atoms with Gasteiger partial charge in [0.25, 0.3) is 5.91 Å². The quantitative estimate of drug-likeness (QED) is 0.495. The maximum Gasteiger partial charge on any atom is 0.256 e. The lowest BCUT2D eigenvalue weighted by Crippen LogP contribution is -2.50. The minimum atomic E-state index is -0.561. The van der Waals surface area contributed by atoms with Crippen LogP contribution in [0.2, 0.25) is 0 Å². The topological polar surface area (TPSA) is 51.2 Å². The van der Waals surface area contributed by atoms with Gasteiger partial charge < -0.3 is 14.4 Å². The highest BCUT2D eigenvalue weighted by atomic mass is 16.7. The summed E-state index contributed by atoms with van der Waals surface area (Å²) in [5, 5.41) is 1.95. The van der Waals surface area contributed by atoms with E-state index in [1.165, 1.54) is 11.1 Å². The van der Waals surface area contributed by atoms with E-state index in [0.717, 1.165) is 28.9 Å². The number of carbonyl (C=O) groups is 1. The van der Waals surface area contributed by atoms with Crippen molar-refractivity contribution in [2.24, 2.45) is 0 Å². The van der Waals surface area contributed by atoms with E-state index in [2.05, 4.69) is 45.9 Å². The van der Waals surface area contributed by atoms with Gasteiger partial charge in [0, 0.05) is 32.8 Å². The number of rotatable bonds is 10. The molecule has 1 fully saturated rings. The largest absolute Gasteiger partial charge is 0.488 e. The molecule has 6 nitrogen and oxygen atoms in total. The zero-order valence-electron chi connectivity index (χ0n) is 21.6. The number of carbonyl (C=O) groups excluding carboxylic acids is 1. The van der Waals surface area contributed by atoms with Crippen LogP contribution in [0.3, 0.4) is 0 Å². The van der Waals surface area contributed by atoms with Crippen molar-refractivity contribution in [3.8, 4) is 5.75 Å². The standard InChI is InChI=1S/C28H40N2O4/c1-7-24(34-26-12-10-21(4)18-23(26)6)19-33-30-15-13-29(14-16-30)28(31)27(32-8-2)25-11-9-20(3)17-22(25)5/h9-12,17-18,24,27H,7-8,13-16,19H2,1-6H3. The third-order valence-corrected chi connectivity index (χ3v) is 6.34. The molecule has 0 radical (unpaired) electrons. The molecule has 1 amide bonds. The summed E-state index contributed by atoms with van der Waals surface area (Å²) >= 11 is 0. The number of nitrogens with zero attached hydrogens (tertiary/aromatic N) is 2. The number of hydrogen-bond acceptors (Lipinski definition) is 5. The Hall–Kier alpha value is -2.41. The summed E-state index contributed by atoms with van der Waals surface area (Å²) in [6.45, 7) is 15.8. The Morgan fingerprint density at radius 1 is 0.912 bits per heavy atom. The minimum absolute atomic E-state index is 0.0204. The molecule has 1 aliphatic rings. The molecule has 0 spiro atoms. The van der Waals surface area contributed by atoms with Crippen LogP contribution in [-0.2, 0) is 14.4 Å². The van der Waals surface area contributed by atoms with Crippen LogP contribution in [0.15, 0.2) is 36.4 Å². The number of aryl methyl sites for hydroxylation is 4. The molecule has 1 saturated heterocycles. The number of amides is 1. The first kappa shape index (κ1) is 26.2. The second-order valence-corrected chi connectivity index (χ2v) is 9.16. The molecule has 0 aliphatic carbocycles. The average molecular weight is 469 g/mol. The van der Waals surface area contributed by atoms with Crippen LogP contribution in [-0.4, -0.2) is 61.4 Å². The molecule has 2 aromatic rings. The van der Waals surface area contributed by atoms with E-state index < -0.39 is 6.10 Å². The van der Waals surface area contributed by atoms with Gasteiger partial charge in [-0.1, -0.05) is 48.4 Å². The van der Waals surface area contributed by atoms with E-state index in [-0.39, 0.29) is 12.0 Å². The SMILES string of the molecule is CCOC(C(=O)N1CCN(OCC(CC)Oc2ccc(C)cc2C)CC1)c1ccc(C)cc1C. The second-order valence-electron chi connectivity index (χ2n) is 9.16. The molecule has 0 saturated carbocycles. The molecule has 6 heteroatoms. The summed E-state index contributed by atoms with van der Waals surface area (Å²) in [5.41, 5.74) is 5.58. The van der Waals surface area contributed by atoms with Gasteiger partial charge in [0.2, 0.25) is 0 Å². The minimum Gasteiger partial charge on any atom is -0.488 e. The van der Waals surface area contributed by atoms with Gasteiger partial charge in [-0.25, -0.2) is 0 Å². The number of hydroxylamine groups is 2. The van der Waals surface area contributed by atoms with E-state index in [4.69, 9.17) is 14.3 Å². The third kappa shape index (κ3) is 6.81. The van der Waals surface area contributed by atoms with Crippen LogP contribution in [0.5, 0.6) is 5.75 Å². The Bertz CT molecular complexity index is 953. The fraction of sp³-hybridized carbons (Fsp3) is 0.536. The fourth-order valence-corrected chi connectivity index (χ4v) is 4.32. The summed E-state index contributed by atoms with van der Waals surface area (Å²) in [6, 6.07) is 12.4. The molecule has 1 heterocycles. The first-order valence-corrected chi connectivity index (χ1v) is 12.4. The van der Waals surface area contributed by atoms with Crippen molar-refractivity contribution in [3.63, 3.8) is 0 Å². The Morgan fingerprint density at radius 3 is 2.15 bits per heavy atom. The maximum absolute atomic E-state index is 13.3. The molecule has 2 aromatic carbocycles. The summed E-state index contributed by atoms with van der Waals surface area (Å²) in [4.78, 5) is 21.3. The number of benzene rings is 2. The molecule has 186 valence electrons. The Kier molecular flexibility index (Phi) is 9.51. The van der Waals surface area contributed by atoms with Gasteiger partial charge >= 0.3 is 0 Å². The molecule has 0 bridgehead atoms.